The van der Waals surface area contributed by atoms with Crippen molar-refractivity contribution >= 4 is 10.3 Å². The van der Waals surface area contributed by atoms with E-state index in [1.165, 1.54) is 64.2 Å². The molecule has 1 N–H and O–H groups in total. The van der Waals surface area contributed by atoms with Crippen LogP contribution in [0.2, 0.25) is 0 Å². The fraction of sp³-hybridized carbons (Fsp3) is 1.00. The molecule has 37 heavy (non-hydrogen) atoms. The number of hydrogen-bond acceptors (Lipinski definition) is 3. The van der Waals surface area contributed by atoms with Crippen LogP contribution in [0.4, 0.5) is 0 Å². The van der Waals surface area contributed by atoms with Gasteiger partial charge in [0.25, 0.3) is 0 Å². The van der Waals surface area contributed by atoms with E-state index in [4.69, 9.17) is 8.92 Å². The Balaban J connectivity index is 1.23. The van der Waals surface area contributed by atoms with Crippen LogP contribution in [0.5, 0.6) is 0 Å². The minimum Gasteiger partial charge on any atom is -0.393 e. The molecule has 8 unspecified atom stereocenters. The zero-order chi connectivity index (χ0) is 26.9. The minimum atomic E-state index is -1.05. The summed E-state index contributed by atoms with van der Waals surface area (Å²) in [5.41, 5.74) is 0.785. The smallest absolute Gasteiger partial charge is 0.0657 e. The summed E-state index contributed by atoms with van der Waals surface area (Å²) in [6, 6.07) is 0. The average Bonchev–Trinajstić information content (AvgIpc) is 3.56. The molecular weight excluding hydrogens is 476 g/mol. The number of ether oxygens (including phenoxy) is 1. The van der Waals surface area contributed by atoms with Gasteiger partial charge in [0, 0.05) is 11.4 Å². The predicted molar refractivity (Wildman–Crippen MR) is 158 cm³/mol. The summed E-state index contributed by atoms with van der Waals surface area (Å²) in [4.78, 5) is 0. The van der Waals surface area contributed by atoms with E-state index >= 15 is 0 Å². The number of hydrogen-bond donors (Lipinski definition) is 1. The largest absolute Gasteiger partial charge is 0.393 e. The molecule has 0 spiro atoms. The first-order valence-electron chi connectivity index (χ1n) is 15.9. The Morgan fingerprint density at radius 1 is 0.838 bits per heavy atom. The molecule has 5 rings (SSSR count). The summed E-state index contributed by atoms with van der Waals surface area (Å²) in [5, 5.41) is 11.7. The van der Waals surface area contributed by atoms with Crippen molar-refractivity contribution in [2.24, 2.45) is 46.3 Å². The van der Waals surface area contributed by atoms with Gasteiger partial charge in [-0.15, -0.1) is 10.3 Å². The van der Waals surface area contributed by atoms with E-state index in [0.29, 0.717) is 34.5 Å². The number of aliphatic hydroxyl groups excluding tert-OH is 1. The molecule has 4 heteroatoms. The van der Waals surface area contributed by atoms with Crippen LogP contribution in [-0.2, 0) is 8.92 Å². The molecule has 0 saturated heterocycles. The summed E-state index contributed by atoms with van der Waals surface area (Å²) < 4.78 is 13.4. The maximum atomic E-state index is 11.7. The molecule has 5 saturated carbocycles. The van der Waals surface area contributed by atoms with Gasteiger partial charge in [-0.2, -0.15) is 0 Å². The normalized spacial score (nSPS) is 46.7. The SMILES string of the molecule is CC1(OCCC2CC2)CCC2(C)C3CCC4(C)C(CCOS(C)(C)C(C)(C)C)CCC4C3C(O)C[C@H]2C1. The first-order valence-corrected chi connectivity index (χ1v) is 18.3. The molecule has 5 fully saturated rings. The number of aliphatic hydroxyl groups is 1. The second-order valence-corrected chi connectivity index (χ2v) is 20.2. The minimum absolute atomic E-state index is 0.0239. The molecule has 0 amide bonds. The highest BCUT2D eigenvalue weighted by Gasteiger charge is 2.63. The Morgan fingerprint density at radius 3 is 2.22 bits per heavy atom. The zero-order valence-electron chi connectivity index (χ0n) is 25.6. The molecule has 0 radical (unpaired) electrons. The van der Waals surface area contributed by atoms with Crippen molar-refractivity contribution in [1.82, 2.24) is 0 Å². The quantitative estimate of drug-likeness (QED) is 0.339. The monoisotopic (exact) mass is 536 g/mol. The molecule has 216 valence electrons. The van der Waals surface area contributed by atoms with Gasteiger partial charge in [0.1, 0.15) is 0 Å². The van der Waals surface area contributed by atoms with Gasteiger partial charge in [-0.1, -0.05) is 47.5 Å². The second kappa shape index (κ2) is 9.95. The first-order chi connectivity index (χ1) is 17.2. The first kappa shape index (κ1) is 28.7. The van der Waals surface area contributed by atoms with Gasteiger partial charge in [-0.05, 0) is 130 Å². The zero-order valence-corrected chi connectivity index (χ0v) is 26.4. The van der Waals surface area contributed by atoms with Crippen LogP contribution in [0.15, 0.2) is 0 Å². The summed E-state index contributed by atoms with van der Waals surface area (Å²) in [7, 11) is -1.05. The molecule has 9 atom stereocenters. The van der Waals surface area contributed by atoms with Crippen molar-refractivity contribution in [3.8, 4) is 0 Å². The van der Waals surface area contributed by atoms with E-state index in [-0.39, 0.29) is 16.5 Å². The topological polar surface area (TPSA) is 38.7 Å². The van der Waals surface area contributed by atoms with Crippen LogP contribution < -0.4 is 0 Å². The second-order valence-electron chi connectivity index (χ2n) is 16.3. The molecule has 0 aromatic rings. The Morgan fingerprint density at radius 2 is 1.54 bits per heavy atom. The maximum absolute atomic E-state index is 11.7. The molecule has 0 heterocycles. The van der Waals surface area contributed by atoms with Crippen molar-refractivity contribution in [1.29, 1.82) is 0 Å². The fourth-order valence-electron chi connectivity index (χ4n) is 9.55. The van der Waals surface area contributed by atoms with Crippen LogP contribution in [0, 0.1) is 46.3 Å². The third-order valence-electron chi connectivity index (χ3n) is 13.1. The average molecular weight is 537 g/mol. The lowest BCUT2D eigenvalue weighted by Gasteiger charge is -2.63. The lowest BCUT2D eigenvalue weighted by atomic mass is 9.43. The van der Waals surface area contributed by atoms with E-state index in [0.717, 1.165) is 37.9 Å². The van der Waals surface area contributed by atoms with E-state index in [9.17, 15) is 5.11 Å². The predicted octanol–water partition coefficient (Wildman–Crippen LogP) is 8.38. The maximum Gasteiger partial charge on any atom is 0.0657 e. The molecule has 5 aliphatic rings. The fourth-order valence-corrected chi connectivity index (χ4v) is 10.4. The number of fused-ring (bicyclic) bond motifs is 5. The van der Waals surface area contributed by atoms with Crippen LogP contribution in [0.3, 0.4) is 0 Å². The van der Waals surface area contributed by atoms with Crippen LogP contribution in [-0.4, -0.2) is 47.3 Å². The van der Waals surface area contributed by atoms with Crippen LogP contribution in [0.25, 0.3) is 0 Å². The Hall–Kier alpha value is 0.230. The van der Waals surface area contributed by atoms with Gasteiger partial charge in [-0.25, -0.2) is 0 Å². The van der Waals surface area contributed by atoms with Gasteiger partial charge in [0.05, 0.1) is 18.3 Å². The van der Waals surface area contributed by atoms with E-state index < -0.39 is 10.3 Å². The standard InChI is InChI=1S/C33H60O3S/c1-30(2,3)37(7,8)36-20-15-24-11-12-26-29-27(13-16-32(24,26)5)33(6)18-17-31(4,22-25(33)21-28(29)34)35-19-14-23-9-10-23/h23-29,34H,9-22H2,1-8H3/t24?,25-,26?,27?,28?,29?,31?,32?,33?/m0/s1. The highest BCUT2D eigenvalue weighted by molar-refractivity contribution is 8.29. The van der Waals surface area contributed by atoms with Gasteiger partial charge >= 0.3 is 0 Å². The Bertz CT molecular complexity index is 817. The lowest BCUT2D eigenvalue weighted by molar-refractivity contribution is -0.194. The molecule has 0 aromatic carbocycles. The van der Waals surface area contributed by atoms with E-state index in [1.54, 1.807) is 0 Å². The van der Waals surface area contributed by atoms with Gasteiger partial charge in [0.2, 0.25) is 0 Å². The Kier molecular flexibility index (Phi) is 7.73. The molecule has 5 aliphatic carbocycles. The van der Waals surface area contributed by atoms with Crippen molar-refractivity contribution in [2.75, 3.05) is 25.7 Å². The summed E-state index contributed by atoms with van der Waals surface area (Å²) in [6.45, 7) is 16.4. The third-order valence-corrected chi connectivity index (χ3v) is 16.8. The Labute approximate surface area is 231 Å². The van der Waals surface area contributed by atoms with Crippen molar-refractivity contribution < 1.29 is 14.0 Å². The number of rotatable bonds is 8. The van der Waals surface area contributed by atoms with Crippen LogP contribution >= 0.6 is 10.3 Å². The molecule has 0 aliphatic heterocycles. The van der Waals surface area contributed by atoms with E-state index in [2.05, 4.69) is 54.1 Å². The summed E-state index contributed by atoms with van der Waals surface area (Å²) >= 11 is 0. The third kappa shape index (κ3) is 5.33. The lowest BCUT2D eigenvalue weighted by Crippen LogP contribution is -2.59. The molecule has 0 aromatic heterocycles. The van der Waals surface area contributed by atoms with Crippen molar-refractivity contribution in [3.63, 3.8) is 0 Å². The van der Waals surface area contributed by atoms with Crippen molar-refractivity contribution in [2.45, 2.75) is 135 Å². The summed E-state index contributed by atoms with van der Waals surface area (Å²) in [5.74, 6) is 4.19. The van der Waals surface area contributed by atoms with Gasteiger partial charge in [-0.3, -0.25) is 0 Å². The summed E-state index contributed by atoms with van der Waals surface area (Å²) in [6.07, 6.45) is 19.8. The molecule has 0 bridgehead atoms. The molecule has 3 nitrogen and oxygen atoms in total. The van der Waals surface area contributed by atoms with Gasteiger partial charge in [0.15, 0.2) is 0 Å². The highest BCUT2D eigenvalue weighted by atomic mass is 32.3. The van der Waals surface area contributed by atoms with Crippen molar-refractivity contribution in [3.05, 3.63) is 0 Å². The highest BCUT2D eigenvalue weighted by Crippen LogP contribution is 2.68. The van der Waals surface area contributed by atoms with Crippen LogP contribution in [0.1, 0.15) is 119 Å². The molecular formula is C33H60O3S. The van der Waals surface area contributed by atoms with E-state index in [1.807, 2.05) is 0 Å². The van der Waals surface area contributed by atoms with Gasteiger partial charge < -0.3 is 14.0 Å².